The normalized spacial score (nSPS) is 13.2. The third-order valence-corrected chi connectivity index (χ3v) is 1.91. The van der Waals surface area contributed by atoms with E-state index >= 15 is 0 Å². The summed E-state index contributed by atoms with van der Waals surface area (Å²) < 4.78 is 5.45. The van der Waals surface area contributed by atoms with Gasteiger partial charge in [0.2, 0.25) is 0 Å². The summed E-state index contributed by atoms with van der Waals surface area (Å²) in [4.78, 5) is 2.22. The Morgan fingerprint density at radius 3 is 2.62 bits per heavy atom. The van der Waals surface area contributed by atoms with E-state index in [0.717, 1.165) is 13.2 Å². The number of hydrogen-bond acceptors (Lipinski definition) is 2. The molecule has 0 fully saturated rings. The Kier molecular flexibility index (Phi) is 8.05. The van der Waals surface area contributed by atoms with Crippen molar-refractivity contribution in [3.05, 3.63) is 12.7 Å². The molecular formula is C11H23NO. The predicted molar refractivity (Wildman–Crippen MR) is 58.0 cm³/mol. The fourth-order valence-electron chi connectivity index (χ4n) is 1.47. The topological polar surface area (TPSA) is 12.5 Å². The first-order valence-electron chi connectivity index (χ1n) is 5.04. The van der Waals surface area contributed by atoms with Crippen molar-refractivity contribution >= 4 is 0 Å². The molecule has 2 heteroatoms. The maximum atomic E-state index is 5.45. The smallest absolute Gasteiger partial charge is 0.0644 e. The van der Waals surface area contributed by atoms with E-state index in [0.29, 0.717) is 12.5 Å². The largest absolute Gasteiger partial charge is 0.377 e. The third-order valence-electron chi connectivity index (χ3n) is 1.91. The number of hydrogen-bond donors (Lipinski definition) is 0. The first-order chi connectivity index (χ1) is 6.20. The summed E-state index contributed by atoms with van der Waals surface area (Å²) in [6.45, 7) is 8.50. The summed E-state index contributed by atoms with van der Waals surface area (Å²) in [5.41, 5.74) is 0. The second kappa shape index (κ2) is 8.27. The SMILES string of the molecule is C=CCOCC(CCC)CN(C)C. The quantitative estimate of drug-likeness (QED) is 0.424. The Morgan fingerprint density at radius 1 is 1.46 bits per heavy atom. The Morgan fingerprint density at radius 2 is 2.15 bits per heavy atom. The average Bonchev–Trinajstić information content (AvgIpc) is 2.04. The van der Waals surface area contributed by atoms with Crippen molar-refractivity contribution in [2.45, 2.75) is 19.8 Å². The second-order valence-corrected chi connectivity index (χ2v) is 3.74. The first-order valence-corrected chi connectivity index (χ1v) is 5.04. The van der Waals surface area contributed by atoms with Crippen LogP contribution in [0.3, 0.4) is 0 Å². The van der Waals surface area contributed by atoms with Gasteiger partial charge in [0.05, 0.1) is 13.2 Å². The van der Waals surface area contributed by atoms with Crippen LogP contribution in [0.2, 0.25) is 0 Å². The lowest BCUT2D eigenvalue weighted by Gasteiger charge is -2.20. The summed E-state index contributed by atoms with van der Waals surface area (Å²) in [6.07, 6.45) is 4.28. The predicted octanol–water partition coefficient (Wildman–Crippen LogP) is 2.17. The average molecular weight is 185 g/mol. The highest BCUT2D eigenvalue weighted by Crippen LogP contribution is 2.07. The first kappa shape index (κ1) is 12.7. The molecule has 0 bridgehead atoms. The molecule has 1 atom stereocenters. The molecule has 0 aromatic heterocycles. The van der Waals surface area contributed by atoms with E-state index < -0.39 is 0 Å². The van der Waals surface area contributed by atoms with Crippen LogP contribution in [0.15, 0.2) is 12.7 Å². The fourth-order valence-corrected chi connectivity index (χ4v) is 1.47. The molecule has 0 amide bonds. The van der Waals surface area contributed by atoms with E-state index in [1.807, 2.05) is 0 Å². The minimum Gasteiger partial charge on any atom is -0.377 e. The highest BCUT2D eigenvalue weighted by atomic mass is 16.5. The van der Waals surface area contributed by atoms with E-state index in [4.69, 9.17) is 4.74 Å². The molecule has 0 saturated carbocycles. The van der Waals surface area contributed by atoms with E-state index in [1.165, 1.54) is 12.8 Å². The molecule has 78 valence electrons. The van der Waals surface area contributed by atoms with Gasteiger partial charge in [-0.25, -0.2) is 0 Å². The third kappa shape index (κ3) is 8.00. The van der Waals surface area contributed by atoms with E-state index in [9.17, 15) is 0 Å². The van der Waals surface area contributed by atoms with Crippen LogP contribution in [0.25, 0.3) is 0 Å². The molecule has 0 saturated heterocycles. The van der Waals surface area contributed by atoms with Gasteiger partial charge in [-0.2, -0.15) is 0 Å². The standard InChI is InChI=1S/C11H23NO/c1-5-7-11(9-12(3)4)10-13-8-6-2/h6,11H,2,5,7-10H2,1,3-4H3. The number of nitrogens with zero attached hydrogens (tertiary/aromatic N) is 1. The van der Waals surface area contributed by atoms with Crippen molar-refractivity contribution in [2.75, 3.05) is 33.9 Å². The Balaban J connectivity index is 3.59. The molecule has 2 nitrogen and oxygen atoms in total. The molecule has 13 heavy (non-hydrogen) atoms. The summed E-state index contributed by atoms with van der Waals surface area (Å²) in [7, 11) is 4.21. The van der Waals surface area contributed by atoms with Crippen LogP contribution >= 0.6 is 0 Å². The van der Waals surface area contributed by atoms with Gasteiger partial charge in [-0.15, -0.1) is 6.58 Å². The molecule has 0 rings (SSSR count). The monoisotopic (exact) mass is 185 g/mol. The van der Waals surface area contributed by atoms with Crippen LogP contribution in [0, 0.1) is 5.92 Å². The van der Waals surface area contributed by atoms with Gasteiger partial charge in [-0.3, -0.25) is 0 Å². The van der Waals surface area contributed by atoms with Crippen molar-refractivity contribution in [1.82, 2.24) is 4.90 Å². The van der Waals surface area contributed by atoms with Crippen molar-refractivity contribution in [1.29, 1.82) is 0 Å². The van der Waals surface area contributed by atoms with Gasteiger partial charge in [0.25, 0.3) is 0 Å². The number of ether oxygens (including phenoxy) is 1. The number of rotatable bonds is 8. The summed E-state index contributed by atoms with van der Waals surface area (Å²) >= 11 is 0. The molecule has 0 spiro atoms. The van der Waals surface area contributed by atoms with Gasteiger partial charge in [0, 0.05) is 6.54 Å². The van der Waals surface area contributed by atoms with Gasteiger partial charge in [-0.1, -0.05) is 19.4 Å². The lowest BCUT2D eigenvalue weighted by atomic mass is 10.0. The maximum Gasteiger partial charge on any atom is 0.0644 e. The van der Waals surface area contributed by atoms with E-state index in [2.05, 4.69) is 32.5 Å². The summed E-state index contributed by atoms with van der Waals surface area (Å²) in [5, 5.41) is 0. The Bertz CT molecular complexity index is 123. The molecule has 0 N–H and O–H groups in total. The molecule has 0 aromatic carbocycles. The van der Waals surface area contributed by atoms with Gasteiger partial charge in [0.15, 0.2) is 0 Å². The zero-order valence-electron chi connectivity index (χ0n) is 9.25. The zero-order valence-corrected chi connectivity index (χ0v) is 9.25. The van der Waals surface area contributed by atoms with Crippen molar-refractivity contribution in [3.63, 3.8) is 0 Å². The molecule has 0 aliphatic rings. The van der Waals surface area contributed by atoms with Crippen molar-refractivity contribution in [3.8, 4) is 0 Å². The molecule has 1 unspecified atom stereocenters. The highest BCUT2D eigenvalue weighted by molar-refractivity contribution is 4.66. The van der Waals surface area contributed by atoms with Gasteiger partial charge < -0.3 is 9.64 Å². The zero-order chi connectivity index (χ0) is 10.1. The minimum atomic E-state index is 0.667. The van der Waals surface area contributed by atoms with Crippen LogP contribution < -0.4 is 0 Å². The lowest BCUT2D eigenvalue weighted by molar-refractivity contribution is 0.105. The highest BCUT2D eigenvalue weighted by Gasteiger charge is 2.08. The maximum absolute atomic E-state index is 5.45. The molecule has 0 heterocycles. The van der Waals surface area contributed by atoms with Crippen LogP contribution in [-0.2, 0) is 4.74 Å². The Hall–Kier alpha value is -0.340. The van der Waals surface area contributed by atoms with Gasteiger partial charge >= 0.3 is 0 Å². The summed E-state index contributed by atoms with van der Waals surface area (Å²) in [5.74, 6) is 0.667. The van der Waals surface area contributed by atoms with Crippen LogP contribution in [0.5, 0.6) is 0 Å². The van der Waals surface area contributed by atoms with Crippen LogP contribution in [-0.4, -0.2) is 38.8 Å². The van der Waals surface area contributed by atoms with Gasteiger partial charge in [0.1, 0.15) is 0 Å². The minimum absolute atomic E-state index is 0.667. The van der Waals surface area contributed by atoms with Crippen LogP contribution in [0.1, 0.15) is 19.8 Å². The molecule has 0 aromatic rings. The van der Waals surface area contributed by atoms with Crippen molar-refractivity contribution in [2.24, 2.45) is 5.92 Å². The van der Waals surface area contributed by atoms with E-state index in [-0.39, 0.29) is 0 Å². The second-order valence-electron chi connectivity index (χ2n) is 3.74. The summed E-state index contributed by atoms with van der Waals surface area (Å²) in [6, 6.07) is 0. The van der Waals surface area contributed by atoms with E-state index in [1.54, 1.807) is 6.08 Å². The Labute approximate surface area is 82.6 Å². The fraction of sp³-hybridized carbons (Fsp3) is 0.818. The molecule has 0 aliphatic heterocycles. The van der Waals surface area contributed by atoms with Crippen molar-refractivity contribution < 1.29 is 4.74 Å². The molecule has 0 aliphatic carbocycles. The lowest BCUT2D eigenvalue weighted by Crippen LogP contribution is -2.25. The molecular weight excluding hydrogens is 162 g/mol. The molecule has 0 radical (unpaired) electrons. The van der Waals surface area contributed by atoms with Crippen LogP contribution in [0.4, 0.5) is 0 Å². The van der Waals surface area contributed by atoms with Gasteiger partial charge in [-0.05, 0) is 26.4 Å².